The number of fused-ring (bicyclic) bond motifs is 2. The molecule has 0 unspecified atom stereocenters. The summed E-state index contributed by atoms with van der Waals surface area (Å²) in [7, 11) is 0. The number of hydrogen-bond donors (Lipinski definition) is 1. The van der Waals surface area contributed by atoms with E-state index in [4.69, 9.17) is 4.98 Å². The number of aromatic amines is 1. The first-order valence-electron chi connectivity index (χ1n) is 9.43. The number of rotatable bonds is 5. The van der Waals surface area contributed by atoms with Crippen molar-refractivity contribution < 1.29 is 0 Å². The van der Waals surface area contributed by atoms with Gasteiger partial charge in [0.15, 0.2) is 11.0 Å². The highest BCUT2D eigenvalue weighted by Gasteiger charge is 2.31. The lowest BCUT2D eigenvalue weighted by Crippen LogP contribution is -1.99. The molecule has 6 nitrogen and oxygen atoms in total. The summed E-state index contributed by atoms with van der Waals surface area (Å²) in [5.74, 6) is 1.73. The maximum atomic E-state index is 4.70. The molecule has 1 aromatic carbocycles. The number of nitrogens with zero attached hydrogens (tertiary/aromatic N) is 5. The van der Waals surface area contributed by atoms with Gasteiger partial charge in [0.1, 0.15) is 5.65 Å². The van der Waals surface area contributed by atoms with Crippen LogP contribution in [0, 0.1) is 0 Å². The summed E-state index contributed by atoms with van der Waals surface area (Å²) in [6.45, 7) is 0. The van der Waals surface area contributed by atoms with Gasteiger partial charge in [-0.1, -0.05) is 36.0 Å². The lowest BCUT2D eigenvalue weighted by molar-refractivity contribution is 0.669. The summed E-state index contributed by atoms with van der Waals surface area (Å²) < 4.78 is 4.37. The first kappa shape index (κ1) is 15.9. The van der Waals surface area contributed by atoms with Gasteiger partial charge in [0.2, 0.25) is 0 Å². The summed E-state index contributed by atoms with van der Waals surface area (Å²) >= 11 is 1.71. The molecule has 1 fully saturated rings. The molecule has 7 heteroatoms. The molecule has 4 aromatic heterocycles. The molecule has 5 aromatic rings. The molecule has 1 aliphatic carbocycles. The van der Waals surface area contributed by atoms with E-state index in [1.165, 1.54) is 18.2 Å². The Bertz CT molecular complexity index is 1260. The van der Waals surface area contributed by atoms with Crippen LogP contribution in [0.3, 0.4) is 0 Å². The van der Waals surface area contributed by atoms with Crippen molar-refractivity contribution in [1.29, 1.82) is 0 Å². The summed E-state index contributed by atoms with van der Waals surface area (Å²) in [5.41, 5.74) is 4.27. The number of H-pyrrole nitrogens is 1. The second-order valence-electron chi connectivity index (χ2n) is 7.14. The maximum absolute atomic E-state index is 4.70. The van der Waals surface area contributed by atoms with Crippen LogP contribution in [0.25, 0.3) is 27.9 Å². The van der Waals surface area contributed by atoms with E-state index < -0.39 is 0 Å². The van der Waals surface area contributed by atoms with Crippen molar-refractivity contribution in [3.63, 3.8) is 0 Å². The Balaban J connectivity index is 1.35. The third-order valence-electron chi connectivity index (χ3n) is 5.17. The van der Waals surface area contributed by atoms with Gasteiger partial charge >= 0.3 is 0 Å². The number of thioether (sulfide) groups is 1. The molecule has 0 saturated heterocycles. The quantitative estimate of drug-likeness (QED) is 0.445. The number of para-hydroxylation sites is 1. The van der Waals surface area contributed by atoms with Crippen LogP contribution in [0.5, 0.6) is 0 Å². The minimum absolute atomic E-state index is 0.502. The van der Waals surface area contributed by atoms with Crippen molar-refractivity contribution in [2.75, 3.05) is 0 Å². The van der Waals surface area contributed by atoms with E-state index in [9.17, 15) is 0 Å². The van der Waals surface area contributed by atoms with E-state index in [1.807, 2.05) is 36.7 Å². The first-order chi connectivity index (χ1) is 13.9. The molecule has 138 valence electrons. The Labute approximate surface area is 165 Å². The lowest BCUT2D eigenvalue weighted by Gasteiger charge is -2.07. The van der Waals surface area contributed by atoms with Crippen molar-refractivity contribution >= 4 is 28.3 Å². The van der Waals surface area contributed by atoms with E-state index in [2.05, 4.69) is 48.5 Å². The Morgan fingerprint density at radius 3 is 2.86 bits per heavy atom. The van der Waals surface area contributed by atoms with E-state index in [0.717, 1.165) is 39.2 Å². The Kier molecular flexibility index (Phi) is 3.55. The van der Waals surface area contributed by atoms with Crippen LogP contribution in [0.1, 0.15) is 24.6 Å². The molecule has 1 saturated carbocycles. The van der Waals surface area contributed by atoms with Crippen LogP contribution < -0.4 is 0 Å². The molecule has 0 bridgehead atoms. The molecule has 0 atom stereocenters. The maximum Gasteiger partial charge on any atom is 0.192 e. The fourth-order valence-corrected chi connectivity index (χ4v) is 4.56. The number of aromatic nitrogens is 6. The predicted molar refractivity (Wildman–Crippen MR) is 110 cm³/mol. The van der Waals surface area contributed by atoms with Gasteiger partial charge in [-0.05, 0) is 31.0 Å². The SMILES string of the molecule is c1ccc2c(-c3nnc(SCc4cn5ccccc5n4)n3C3CC3)c[nH]c2c1. The van der Waals surface area contributed by atoms with Gasteiger partial charge in [0.25, 0.3) is 0 Å². The number of nitrogens with one attached hydrogen (secondary N) is 1. The monoisotopic (exact) mass is 386 g/mol. The second-order valence-corrected chi connectivity index (χ2v) is 8.08. The van der Waals surface area contributed by atoms with Crippen molar-refractivity contribution in [3.8, 4) is 11.4 Å². The molecule has 0 aliphatic heterocycles. The zero-order valence-corrected chi connectivity index (χ0v) is 15.9. The van der Waals surface area contributed by atoms with Crippen molar-refractivity contribution in [1.82, 2.24) is 29.1 Å². The fraction of sp³-hybridized carbons (Fsp3) is 0.190. The van der Waals surface area contributed by atoms with Crippen LogP contribution in [0.4, 0.5) is 0 Å². The highest BCUT2D eigenvalue weighted by Crippen LogP contribution is 2.42. The average Bonchev–Trinajstić information content (AvgIpc) is 3.16. The van der Waals surface area contributed by atoms with Gasteiger partial charge in [-0.2, -0.15) is 0 Å². The number of benzene rings is 1. The van der Waals surface area contributed by atoms with Gasteiger partial charge < -0.3 is 9.38 Å². The topological polar surface area (TPSA) is 63.8 Å². The lowest BCUT2D eigenvalue weighted by atomic mass is 10.1. The molecule has 0 spiro atoms. The van der Waals surface area contributed by atoms with Crippen LogP contribution >= 0.6 is 11.8 Å². The first-order valence-corrected chi connectivity index (χ1v) is 10.4. The molecule has 0 amide bonds. The molecule has 1 aliphatic rings. The summed E-state index contributed by atoms with van der Waals surface area (Å²) in [5, 5.41) is 11.3. The highest BCUT2D eigenvalue weighted by atomic mass is 32.2. The molecule has 1 N–H and O–H groups in total. The zero-order chi connectivity index (χ0) is 18.5. The fourth-order valence-electron chi connectivity index (χ4n) is 3.67. The van der Waals surface area contributed by atoms with Gasteiger partial charge in [0, 0.05) is 46.9 Å². The molecular weight excluding hydrogens is 368 g/mol. The van der Waals surface area contributed by atoms with Gasteiger partial charge in [-0.3, -0.25) is 4.57 Å². The smallest absolute Gasteiger partial charge is 0.192 e. The van der Waals surface area contributed by atoms with E-state index in [-0.39, 0.29) is 0 Å². The molecule has 4 heterocycles. The van der Waals surface area contributed by atoms with E-state index in [1.54, 1.807) is 11.8 Å². The third-order valence-corrected chi connectivity index (χ3v) is 6.15. The van der Waals surface area contributed by atoms with E-state index >= 15 is 0 Å². The number of pyridine rings is 1. The normalized spacial score (nSPS) is 14.3. The molecule has 6 rings (SSSR count). The van der Waals surface area contributed by atoms with Crippen LogP contribution in [0.2, 0.25) is 0 Å². The largest absolute Gasteiger partial charge is 0.360 e. The number of hydrogen-bond acceptors (Lipinski definition) is 4. The summed E-state index contributed by atoms with van der Waals surface area (Å²) in [6, 6.07) is 14.9. The van der Waals surface area contributed by atoms with Gasteiger partial charge in [0.05, 0.1) is 5.69 Å². The highest BCUT2D eigenvalue weighted by molar-refractivity contribution is 7.98. The van der Waals surface area contributed by atoms with Gasteiger partial charge in [-0.25, -0.2) is 4.98 Å². The second kappa shape index (κ2) is 6.24. The minimum Gasteiger partial charge on any atom is -0.360 e. The summed E-state index contributed by atoms with van der Waals surface area (Å²) in [4.78, 5) is 8.05. The predicted octanol–water partition coefficient (Wildman–Crippen LogP) is 4.70. The Morgan fingerprint density at radius 2 is 1.96 bits per heavy atom. The van der Waals surface area contributed by atoms with Crippen molar-refractivity contribution in [2.24, 2.45) is 0 Å². The van der Waals surface area contributed by atoms with Crippen LogP contribution in [-0.2, 0) is 5.75 Å². The van der Waals surface area contributed by atoms with E-state index in [0.29, 0.717) is 6.04 Å². The minimum atomic E-state index is 0.502. The van der Waals surface area contributed by atoms with Crippen molar-refractivity contribution in [3.05, 3.63) is 66.7 Å². The average molecular weight is 386 g/mol. The Morgan fingerprint density at radius 1 is 1.07 bits per heavy atom. The van der Waals surface area contributed by atoms with Crippen LogP contribution in [-0.4, -0.2) is 29.1 Å². The van der Waals surface area contributed by atoms with Crippen LogP contribution in [0.15, 0.2) is 66.2 Å². The standard InChI is InChI=1S/C21H18N6S/c1-2-6-18-16(5-1)17(11-22-18)20-24-25-21(27(20)15-8-9-15)28-13-14-12-26-10-4-3-7-19(26)23-14/h1-7,10-12,15,22H,8-9,13H2. The van der Waals surface area contributed by atoms with Crippen molar-refractivity contribution in [2.45, 2.75) is 29.8 Å². The summed E-state index contributed by atoms with van der Waals surface area (Å²) in [6.07, 6.45) is 8.54. The third kappa shape index (κ3) is 2.62. The molecule has 0 radical (unpaired) electrons. The Hall–Kier alpha value is -3.06. The molecular formula is C21H18N6S. The zero-order valence-electron chi connectivity index (χ0n) is 15.1. The molecule has 28 heavy (non-hydrogen) atoms. The number of imidazole rings is 1. The van der Waals surface area contributed by atoms with Gasteiger partial charge in [-0.15, -0.1) is 10.2 Å².